The molecule has 0 bridgehead atoms. The molecule has 2 aliphatic rings. The lowest BCUT2D eigenvalue weighted by molar-refractivity contribution is -0.120. The van der Waals surface area contributed by atoms with Crippen LogP contribution in [-0.4, -0.2) is 47.1 Å². The zero-order chi connectivity index (χ0) is 15.4. The molecular formula is C14H17N5O2S. The van der Waals surface area contributed by atoms with Gasteiger partial charge in [0.05, 0.1) is 6.42 Å². The van der Waals surface area contributed by atoms with Crippen molar-refractivity contribution in [3.05, 3.63) is 23.9 Å². The molecular weight excluding hydrogens is 302 g/mol. The number of nitrogens with zero attached hydrogens (tertiary/aromatic N) is 3. The normalized spacial score (nSPS) is 17.9. The summed E-state index contributed by atoms with van der Waals surface area (Å²) in [4.78, 5) is 29.6. The second-order valence-electron chi connectivity index (χ2n) is 5.07. The maximum absolute atomic E-state index is 11.9. The maximum Gasteiger partial charge on any atom is 0.268 e. The molecule has 2 amide bonds. The molecule has 22 heavy (non-hydrogen) atoms. The van der Waals surface area contributed by atoms with Crippen molar-refractivity contribution in [3.8, 4) is 0 Å². The topological polar surface area (TPSA) is 86.7 Å². The second kappa shape index (κ2) is 6.78. The van der Waals surface area contributed by atoms with E-state index in [1.807, 2.05) is 23.9 Å². The van der Waals surface area contributed by atoms with E-state index >= 15 is 0 Å². The largest absolute Gasteiger partial charge is 0.355 e. The Kier molecular flexibility index (Phi) is 4.57. The van der Waals surface area contributed by atoms with Crippen molar-refractivity contribution in [2.45, 2.75) is 13.0 Å². The minimum atomic E-state index is -0.314. The van der Waals surface area contributed by atoms with Gasteiger partial charge >= 0.3 is 0 Å². The van der Waals surface area contributed by atoms with Crippen molar-refractivity contribution in [2.75, 3.05) is 29.5 Å². The van der Waals surface area contributed by atoms with Gasteiger partial charge in [-0.05, 0) is 17.7 Å². The molecule has 116 valence electrons. The van der Waals surface area contributed by atoms with Gasteiger partial charge in [-0.15, -0.1) is 0 Å². The van der Waals surface area contributed by atoms with Crippen LogP contribution in [0.25, 0.3) is 0 Å². The molecule has 1 saturated heterocycles. The highest BCUT2D eigenvalue weighted by Gasteiger charge is 2.21. The first-order chi connectivity index (χ1) is 10.7. The number of thioether (sulfide) groups is 1. The summed E-state index contributed by atoms with van der Waals surface area (Å²) in [5.74, 6) is 2.61. The third-order valence-electron chi connectivity index (χ3n) is 3.50. The Bertz CT molecular complexity index is 613. The quantitative estimate of drug-likeness (QED) is 0.823. The van der Waals surface area contributed by atoms with Gasteiger partial charge < -0.3 is 10.2 Å². The fraction of sp³-hybridized carbons (Fsp3) is 0.429. The number of nitrogens with one attached hydrogen (secondary N) is 2. The summed E-state index contributed by atoms with van der Waals surface area (Å²) in [5, 5.41) is 6.48. The molecule has 0 radical (unpaired) electrons. The van der Waals surface area contributed by atoms with Crippen molar-refractivity contribution in [3.63, 3.8) is 0 Å². The fourth-order valence-corrected chi connectivity index (χ4v) is 3.22. The number of hydrogen-bond donors (Lipinski definition) is 2. The van der Waals surface area contributed by atoms with Gasteiger partial charge in [0, 0.05) is 37.3 Å². The van der Waals surface area contributed by atoms with Crippen molar-refractivity contribution >= 4 is 35.1 Å². The molecule has 3 rings (SSSR count). The molecule has 1 aromatic rings. The first-order valence-electron chi connectivity index (χ1n) is 7.13. The predicted octanol–water partition coefficient (Wildman–Crippen LogP) is 0.127. The minimum absolute atomic E-state index is 0.0405. The molecule has 1 fully saturated rings. The Morgan fingerprint density at radius 2 is 2.23 bits per heavy atom. The van der Waals surface area contributed by atoms with Crippen LogP contribution in [0.15, 0.2) is 23.4 Å². The molecule has 0 saturated carbocycles. The zero-order valence-electron chi connectivity index (χ0n) is 12.0. The summed E-state index contributed by atoms with van der Waals surface area (Å²) in [6, 6.07) is 3.87. The average molecular weight is 319 g/mol. The van der Waals surface area contributed by atoms with E-state index in [0.29, 0.717) is 6.54 Å². The zero-order valence-corrected chi connectivity index (χ0v) is 12.9. The average Bonchev–Trinajstić information content (AvgIpc) is 3.00. The van der Waals surface area contributed by atoms with Gasteiger partial charge in [0.25, 0.3) is 5.91 Å². The number of carbonyl (C=O) groups is 2. The number of amides is 2. The van der Waals surface area contributed by atoms with Gasteiger partial charge in [0.1, 0.15) is 11.5 Å². The fourth-order valence-electron chi connectivity index (χ4n) is 2.31. The lowest BCUT2D eigenvalue weighted by Crippen LogP contribution is -2.33. The summed E-state index contributed by atoms with van der Waals surface area (Å²) >= 11 is 1.95. The van der Waals surface area contributed by atoms with Gasteiger partial charge in [-0.1, -0.05) is 0 Å². The summed E-state index contributed by atoms with van der Waals surface area (Å²) < 4.78 is 0. The monoisotopic (exact) mass is 319 g/mol. The summed E-state index contributed by atoms with van der Waals surface area (Å²) in [6.07, 6.45) is 1.80. The lowest BCUT2D eigenvalue weighted by Gasteiger charge is -2.27. The van der Waals surface area contributed by atoms with Crippen LogP contribution in [0.3, 0.4) is 0 Å². The van der Waals surface area contributed by atoms with E-state index in [2.05, 4.69) is 25.7 Å². The van der Waals surface area contributed by atoms with Crippen LogP contribution >= 0.6 is 11.8 Å². The molecule has 1 aromatic heterocycles. The number of carbonyl (C=O) groups excluding carboxylic acids is 2. The Morgan fingerprint density at radius 1 is 1.41 bits per heavy atom. The van der Waals surface area contributed by atoms with E-state index in [1.165, 1.54) is 0 Å². The van der Waals surface area contributed by atoms with E-state index in [1.54, 1.807) is 6.20 Å². The molecule has 8 heteroatoms. The molecule has 0 aromatic carbocycles. The van der Waals surface area contributed by atoms with Crippen LogP contribution in [0, 0.1) is 0 Å². The Morgan fingerprint density at radius 3 is 2.95 bits per heavy atom. The second-order valence-corrected chi connectivity index (χ2v) is 6.30. The number of rotatable bonds is 4. The SMILES string of the molecule is O=C1CC(C(=O)NCc2ccnc(N3CCSCC3)c2)=NN1. The molecule has 0 spiro atoms. The molecule has 3 heterocycles. The van der Waals surface area contributed by atoms with Crippen LogP contribution in [0.1, 0.15) is 12.0 Å². The number of hydrogen-bond acceptors (Lipinski definition) is 6. The van der Waals surface area contributed by atoms with Gasteiger partial charge in [-0.25, -0.2) is 10.4 Å². The van der Waals surface area contributed by atoms with E-state index in [-0.39, 0.29) is 23.9 Å². The highest BCUT2D eigenvalue weighted by atomic mass is 32.2. The van der Waals surface area contributed by atoms with Crippen LogP contribution in [0.4, 0.5) is 5.82 Å². The lowest BCUT2D eigenvalue weighted by atomic mass is 10.2. The standard InChI is InChI=1S/C14H17N5O2S/c20-13-8-11(17-18-13)14(21)16-9-10-1-2-15-12(7-10)19-3-5-22-6-4-19/h1-2,7H,3-6,8-9H2,(H,16,21)(H,18,20). The number of hydrazone groups is 1. The van der Waals surface area contributed by atoms with Crippen molar-refractivity contribution in [1.82, 2.24) is 15.7 Å². The number of pyridine rings is 1. The van der Waals surface area contributed by atoms with E-state index < -0.39 is 0 Å². The number of anilines is 1. The summed E-state index contributed by atoms with van der Waals surface area (Å²) in [7, 11) is 0. The summed E-state index contributed by atoms with van der Waals surface area (Å²) in [6.45, 7) is 2.39. The van der Waals surface area contributed by atoms with Gasteiger partial charge in [-0.3, -0.25) is 9.59 Å². The first-order valence-corrected chi connectivity index (χ1v) is 8.29. The maximum atomic E-state index is 11.9. The Balaban J connectivity index is 1.58. The summed E-state index contributed by atoms with van der Waals surface area (Å²) in [5.41, 5.74) is 3.48. The van der Waals surface area contributed by atoms with Gasteiger partial charge in [0.15, 0.2) is 0 Å². The van der Waals surface area contributed by atoms with Crippen LogP contribution in [0.5, 0.6) is 0 Å². The van der Waals surface area contributed by atoms with Crippen LogP contribution < -0.4 is 15.6 Å². The highest BCUT2D eigenvalue weighted by molar-refractivity contribution is 7.99. The molecule has 0 atom stereocenters. The van der Waals surface area contributed by atoms with E-state index in [4.69, 9.17) is 0 Å². The molecule has 0 unspecified atom stereocenters. The molecule has 7 nitrogen and oxygen atoms in total. The highest BCUT2D eigenvalue weighted by Crippen LogP contribution is 2.18. The molecule has 2 N–H and O–H groups in total. The van der Waals surface area contributed by atoms with Gasteiger partial charge in [0.2, 0.25) is 5.91 Å². The first kappa shape index (κ1) is 14.8. The van der Waals surface area contributed by atoms with Crippen LogP contribution in [0.2, 0.25) is 0 Å². The van der Waals surface area contributed by atoms with Crippen molar-refractivity contribution < 1.29 is 9.59 Å². The van der Waals surface area contributed by atoms with E-state index in [0.717, 1.165) is 36.0 Å². The van der Waals surface area contributed by atoms with Gasteiger partial charge in [-0.2, -0.15) is 16.9 Å². The Labute approximate surface area is 132 Å². The third kappa shape index (κ3) is 3.56. The van der Waals surface area contributed by atoms with Crippen LogP contribution in [-0.2, 0) is 16.1 Å². The van der Waals surface area contributed by atoms with Crippen molar-refractivity contribution in [2.24, 2.45) is 5.10 Å². The molecule has 2 aliphatic heterocycles. The predicted molar refractivity (Wildman–Crippen MR) is 85.8 cm³/mol. The number of aromatic nitrogens is 1. The molecule has 0 aliphatic carbocycles. The third-order valence-corrected chi connectivity index (χ3v) is 4.45. The smallest absolute Gasteiger partial charge is 0.268 e. The van der Waals surface area contributed by atoms with E-state index in [9.17, 15) is 9.59 Å². The van der Waals surface area contributed by atoms with Crippen molar-refractivity contribution in [1.29, 1.82) is 0 Å². The Hall–Kier alpha value is -2.09. The minimum Gasteiger partial charge on any atom is -0.355 e.